The zero-order chi connectivity index (χ0) is 18.0. The molecule has 1 N–H and O–H groups in total. The molecule has 0 radical (unpaired) electrons. The van der Waals surface area contributed by atoms with Crippen LogP contribution in [0.4, 0.5) is 5.69 Å². The molecule has 2 aromatic rings. The lowest BCUT2D eigenvalue weighted by Crippen LogP contribution is -2.21. The third kappa shape index (κ3) is 3.28. The van der Waals surface area contributed by atoms with Gasteiger partial charge in [0.1, 0.15) is 5.75 Å². The van der Waals surface area contributed by atoms with Crippen molar-refractivity contribution in [3.63, 3.8) is 0 Å². The molecule has 0 saturated carbocycles. The van der Waals surface area contributed by atoms with Crippen LogP contribution in [0.25, 0.3) is 6.08 Å². The van der Waals surface area contributed by atoms with Crippen LogP contribution in [-0.4, -0.2) is 29.8 Å². The Labute approximate surface area is 144 Å². The van der Waals surface area contributed by atoms with Crippen LogP contribution in [-0.2, 0) is 4.79 Å². The first-order chi connectivity index (χ1) is 12.0. The van der Waals surface area contributed by atoms with Gasteiger partial charge in [-0.05, 0) is 55.0 Å². The molecule has 6 nitrogen and oxygen atoms in total. The van der Waals surface area contributed by atoms with E-state index in [1.165, 1.54) is 17.1 Å². The summed E-state index contributed by atoms with van der Waals surface area (Å²) in [7, 11) is 1.60. The number of hydrogen-bond acceptors (Lipinski definition) is 4. The van der Waals surface area contributed by atoms with Gasteiger partial charge in [-0.2, -0.15) is 10.1 Å². The molecule has 6 heteroatoms. The van der Waals surface area contributed by atoms with Crippen molar-refractivity contribution in [1.82, 2.24) is 0 Å². The summed E-state index contributed by atoms with van der Waals surface area (Å²) in [6.07, 6.45) is 1.77. The highest BCUT2D eigenvalue weighted by molar-refractivity contribution is 6.32. The average Bonchev–Trinajstić information content (AvgIpc) is 2.90. The van der Waals surface area contributed by atoms with E-state index < -0.39 is 5.97 Å². The van der Waals surface area contributed by atoms with Crippen LogP contribution in [0.3, 0.4) is 0 Å². The Balaban J connectivity index is 1.87. The number of carboxylic acids is 1. The average molecular weight is 336 g/mol. The van der Waals surface area contributed by atoms with Gasteiger partial charge in [-0.3, -0.25) is 4.79 Å². The Bertz CT molecular complexity index is 881. The van der Waals surface area contributed by atoms with Crippen LogP contribution >= 0.6 is 0 Å². The van der Waals surface area contributed by atoms with Gasteiger partial charge >= 0.3 is 5.97 Å². The van der Waals surface area contributed by atoms with Gasteiger partial charge in [-0.1, -0.05) is 12.1 Å². The highest BCUT2D eigenvalue weighted by Gasteiger charge is 2.28. The fourth-order valence-corrected chi connectivity index (χ4v) is 2.47. The minimum Gasteiger partial charge on any atom is -0.497 e. The van der Waals surface area contributed by atoms with E-state index in [9.17, 15) is 9.59 Å². The summed E-state index contributed by atoms with van der Waals surface area (Å²) in [4.78, 5) is 23.6. The van der Waals surface area contributed by atoms with Crippen LogP contribution < -0.4 is 9.75 Å². The molecule has 1 aliphatic rings. The van der Waals surface area contributed by atoms with Crippen molar-refractivity contribution < 1.29 is 19.4 Å². The van der Waals surface area contributed by atoms with E-state index in [1.807, 2.05) is 24.3 Å². The predicted molar refractivity (Wildman–Crippen MR) is 95.0 cm³/mol. The molecular weight excluding hydrogens is 320 g/mol. The number of hydrazone groups is 1. The molecule has 0 saturated heterocycles. The molecule has 2 aromatic carbocycles. The summed E-state index contributed by atoms with van der Waals surface area (Å²) < 4.78 is 5.12. The highest BCUT2D eigenvalue weighted by Crippen LogP contribution is 2.25. The molecule has 0 aliphatic carbocycles. The first-order valence-electron chi connectivity index (χ1n) is 7.59. The van der Waals surface area contributed by atoms with Gasteiger partial charge < -0.3 is 9.84 Å². The molecule has 1 heterocycles. The smallest absolute Gasteiger partial charge is 0.335 e. The third-order valence-corrected chi connectivity index (χ3v) is 3.85. The zero-order valence-electron chi connectivity index (χ0n) is 13.8. The van der Waals surface area contributed by atoms with Crippen LogP contribution in [0, 0.1) is 0 Å². The topological polar surface area (TPSA) is 79.2 Å². The van der Waals surface area contributed by atoms with Gasteiger partial charge in [-0.25, -0.2) is 4.79 Å². The maximum Gasteiger partial charge on any atom is 0.335 e. The van der Waals surface area contributed by atoms with Crippen molar-refractivity contribution >= 4 is 29.4 Å². The largest absolute Gasteiger partial charge is 0.497 e. The van der Waals surface area contributed by atoms with Crippen molar-refractivity contribution in [2.75, 3.05) is 12.1 Å². The van der Waals surface area contributed by atoms with Crippen LogP contribution in [0.1, 0.15) is 22.8 Å². The quantitative estimate of drug-likeness (QED) is 0.870. The van der Waals surface area contributed by atoms with E-state index in [-0.39, 0.29) is 11.5 Å². The number of rotatable bonds is 4. The Morgan fingerprint density at radius 3 is 2.32 bits per heavy atom. The van der Waals surface area contributed by atoms with Gasteiger partial charge in [0.05, 0.1) is 29.6 Å². The van der Waals surface area contributed by atoms with Gasteiger partial charge in [0.25, 0.3) is 5.91 Å². The van der Waals surface area contributed by atoms with E-state index in [1.54, 1.807) is 32.2 Å². The van der Waals surface area contributed by atoms with Crippen LogP contribution in [0.2, 0.25) is 0 Å². The number of ether oxygens (including phenoxy) is 1. The molecule has 0 unspecified atom stereocenters. The first-order valence-corrected chi connectivity index (χ1v) is 7.59. The minimum atomic E-state index is -1.01. The van der Waals surface area contributed by atoms with Crippen molar-refractivity contribution in [2.45, 2.75) is 6.92 Å². The molecule has 25 heavy (non-hydrogen) atoms. The third-order valence-electron chi connectivity index (χ3n) is 3.85. The fraction of sp³-hybridized carbons (Fsp3) is 0.105. The summed E-state index contributed by atoms with van der Waals surface area (Å²) in [6, 6.07) is 13.4. The standard InChI is InChI=1S/C19H16N2O4/c1-12-17(11-13-3-9-16(25-2)10-4-13)18(22)21(20-12)15-7-5-14(6-8-15)19(23)24/h3-11H,1-2H3,(H,23,24). The summed E-state index contributed by atoms with van der Waals surface area (Å²) in [5, 5.41) is 14.5. The molecule has 0 atom stereocenters. The molecule has 3 rings (SSSR count). The Hall–Kier alpha value is -3.41. The number of nitrogens with zero attached hydrogens (tertiary/aromatic N) is 2. The highest BCUT2D eigenvalue weighted by atomic mass is 16.5. The summed E-state index contributed by atoms with van der Waals surface area (Å²) in [5.41, 5.74) is 2.63. The van der Waals surface area contributed by atoms with Crippen molar-refractivity contribution in [1.29, 1.82) is 0 Å². The van der Waals surface area contributed by atoms with Crippen LogP contribution in [0.5, 0.6) is 5.75 Å². The summed E-state index contributed by atoms with van der Waals surface area (Å²) in [5.74, 6) is -0.527. The molecule has 126 valence electrons. The minimum absolute atomic E-state index is 0.157. The number of carboxylic acid groups (broad SMARTS) is 1. The van der Waals surface area contributed by atoms with Gasteiger partial charge in [0.15, 0.2) is 0 Å². The molecule has 1 aliphatic heterocycles. The van der Waals surface area contributed by atoms with E-state index >= 15 is 0 Å². The molecule has 1 amide bonds. The maximum atomic E-state index is 12.7. The first kappa shape index (κ1) is 16.4. The van der Waals surface area contributed by atoms with E-state index in [4.69, 9.17) is 9.84 Å². The predicted octanol–water partition coefficient (Wildman–Crippen LogP) is 3.20. The second-order valence-corrected chi connectivity index (χ2v) is 5.49. The molecule has 0 fully saturated rings. The molecular formula is C19H16N2O4. The SMILES string of the molecule is COc1ccc(C=C2C(=O)N(c3ccc(C(=O)O)cc3)N=C2C)cc1. The van der Waals surface area contributed by atoms with E-state index in [0.717, 1.165) is 11.3 Å². The van der Waals surface area contributed by atoms with Gasteiger partial charge in [0, 0.05) is 0 Å². The number of amides is 1. The summed E-state index contributed by atoms with van der Waals surface area (Å²) >= 11 is 0. The maximum absolute atomic E-state index is 12.7. The number of benzene rings is 2. The monoisotopic (exact) mass is 336 g/mol. The lowest BCUT2D eigenvalue weighted by molar-refractivity contribution is -0.114. The van der Waals surface area contributed by atoms with Gasteiger partial charge in [0.2, 0.25) is 0 Å². The number of hydrogen-bond donors (Lipinski definition) is 1. The Morgan fingerprint density at radius 2 is 1.76 bits per heavy atom. The van der Waals surface area contributed by atoms with Crippen molar-refractivity contribution in [3.8, 4) is 5.75 Å². The summed E-state index contributed by atoms with van der Waals surface area (Å²) in [6.45, 7) is 1.76. The number of aromatic carboxylic acids is 1. The van der Waals surface area contributed by atoms with Crippen molar-refractivity contribution in [2.24, 2.45) is 5.10 Å². The fourth-order valence-electron chi connectivity index (χ4n) is 2.47. The number of anilines is 1. The number of methoxy groups -OCH3 is 1. The van der Waals surface area contributed by atoms with Crippen LogP contribution in [0.15, 0.2) is 59.2 Å². The lowest BCUT2D eigenvalue weighted by atomic mass is 10.1. The normalized spacial score (nSPS) is 15.4. The number of carbonyl (C=O) groups is 2. The Kier molecular flexibility index (Phi) is 4.35. The lowest BCUT2D eigenvalue weighted by Gasteiger charge is -2.11. The van der Waals surface area contributed by atoms with E-state index in [0.29, 0.717) is 17.0 Å². The molecule has 0 bridgehead atoms. The van der Waals surface area contributed by atoms with Gasteiger partial charge in [-0.15, -0.1) is 0 Å². The number of carbonyl (C=O) groups excluding carboxylic acids is 1. The molecule has 0 aromatic heterocycles. The second kappa shape index (κ2) is 6.60. The zero-order valence-corrected chi connectivity index (χ0v) is 13.8. The van der Waals surface area contributed by atoms with Crippen molar-refractivity contribution in [3.05, 3.63) is 65.2 Å². The molecule has 0 spiro atoms. The van der Waals surface area contributed by atoms with E-state index in [2.05, 4.69) is 5.10 Å². The Morgan fingerprint density at radius 1 is 1.12 bits per heavy atom. The second-order valence-electron chi connectivity index (χ2n) is 5.49.